The van der Waals surface area contributed by atoms with E-state index in [4.69, 9.17) is 14.2 Å². The van der Waals surface area contributed by atoms with Crippen LogP contribution < -0.4 is 19.5 Å². The minimum absolute atomic E-state index is 0.0242. The maximum atomic E-state index is 12.4. The fourth-order valence-electron chi connectivity index (χ4n) is 3.96. The first kappa shape index (κ1) is 23.6. The molecule has 0 saturated heterocycles. The molecule has 2 aromatic rings. The van der Waals surface area contributed by atoms with Crippen LogP contribution in [0.1, 0.15) is 73.8 Å². The smallest absolute Gasteiger partial charge is 0.220 e. The maximum absolute atomic E-state index is 12.4. The lowest BCUT2D eigenvalue weighted by Gasteiger charge is -2.19. The van der Waals surface area contributed by atoms with Crippen LogP contribution in [-0.4, -0.2) is 32.0 Å². The molecule has 1 N–H and O–H groups in total. The van der Waals surface area contributed by atoms with Gasteiger partial charge in [0.05, 0.1) is 26.4 Å². The third-order valence-electron chi connectivity index (χ3n) is 5.88. The van der Waals surface area contributed by atoms with Crippen molar-refractivity contribution in [3.05, 3.63) is 53.6 Å². The number of carbonyl (C=O) groups excluding carboxylic acids is 2. The normalized spacial score (nSPS) is 14.6. The quantitative estimate of drug-likeness (QED) is 0.484. The fraction of sp³-hybridized carbons (Fsp3) is 0.462. The van der Waals surface area contributed by atoms with Gasteiger partial charge < -0.3 is 19.5 Å². The lowest BCUT2D eigenvalue weighted by molar-refractivity contribution is -0.121. The molecule has 2 aromatic carbocycles. The van der Waals surface area contributed by atoms with Crippen molar-refractivity contribution in [3.63, 3.8) is 0 Å². The van der Waals surface area contributed by atoms with Crippen molar-refractivity contribution in [2.24, 2.45) is 0 Å². The highest BCUT2D eigenvalue weighted by Gasteiger charge is 2.19. The van der Waals surface area contributed by atoms with Crippen LogP contribution in [0.15, 0.2) is 42.5 Å². The van der Waals surface area contributed by atoms with Crippen LogP contribution in [0.4, 0.5) is 0 Å². The first-order chi connectivity index (χ1) is 15.5. The largest absolute Gasteiger partial charge is 0.497 e. The molecule has 1 fully saturated rings. The molecule has 1 unspecified atom stereocenters. The summed E-state index contributed by atoms with van der Waals surface area (Å²) in [5, 5.41) is 3.01. The van der Waals surface area contributed by atoms with E-state index in [0.717, 1.165) is 24.2 Å². The molecule has 6 heteroatoms. The van der Waals surface area contributed by atoms with Gasteiger partial charge in [0.15, 0.2) is 17.3 Å². The predicted octanol–water partition coefficient (Wildman–Crippen LogP) is 5.26. The third kappa shape index (κ3) is 6.49. The molecule has 1 saturated carbocycles. The Bertz CT molecular complexity index is 903. The van der Waals surface area contributed by atoms with E-state index in [-0.39, 0.29) is 23.8 Å². The number of Topliss-reactive ketones (excluding diaryl/α,β-unsaturated/α-hetero) is 1. The number of rotatable bonds is 11. The van der Waals surface area contributed by atoms with Crippen molar-refractivity contribution in [2.75, 3.05) is 14.2 Å². The summed E-state index contributed by atoms with van der Waals surface area (Å²) in [5.74, 6) is 2.09. The summed E-state index contributed by atoms with van der Waals surface area (Å²) in [5.41, 5.74) is 1.58. The topological polar surface area (TPSA) is 73.9 Å². The molecule has 172 valence electrons. The van der Waals surface area contributed by atoms with Gasteiger partial charge in [0.2, 0.25) is 5.91 Å². The first-order valence-corrected chi connectivity index (χ1v) is 11.3. The number of carbonyl (C=O) groups is 2. The number of nitrogens with one attached hydrogen (secondary N) is 1. The van der Waals surface area contributed by atoms with Crippen LogP contribution >= 0.6 is 0 Å². The Balaban J connectivity index is 1.47. The zero-order valence-corrected chi connectivity index (χ0v) is 19.2. The first-order valence-electron chi connectivity index (χ1n) is 11.3. The van der Waals surface area contributed by atoms with Gasteiger partial charge in [0, 0.05) is 18.4 Å². The molecule has 0 bridgehead atoms. The molecule has 3 rings (SSSR count). The molecular weight excluding hydrogens is 406 g/mol. The molecule has 6 nitrogen and oxygen atoms in total. The number of ether oxygens (including phenoxy) is 3. The summed E-state index contributed by atoms with van der Waals surface area (Å²) in [6, 6.07) is 12.7. The molecule has 0 aliphatic heterocycles. The van der Waals surface area contributed by atoms with Crippen molar-refractivity contribution in [1.29, 1.82) is 0 Å². The molecule has 1 aliphatic rings. The van der Waals surface area contributed by atoms with Crippen LogP contribution in [0.25, 0.3) is 0 Å². The lowest BCUT2D eigenvalue weighted by atomic mass is 10.0. The molecule has 1 atom stereocenters. The van der Waals surface area contributed by atoms with Gasteiger partial charge in [-0.25, -0.2) is 0 Å². The predicted molar refractivity (Wildman–Crippen MR) is 124 cm³/mol. The number of hydrogen-bond acceptors (Lipinski definition) is 5. The maximum Gasteiger partial charge on any atom is 0.220 e. The Morgan fingerprint density at radius 1 is 0.969 bits per heavy atom. The van der Waals surface area contributed by atoms with Crippen LogP contribution in [0, 0.1) is 0 Å². The number of amides is 1. The monoisotopic (exact) mass is 439 g/mol. The van der Waals surface area contributed by atoms with Crippen molar-refractivity contribution < 1.29 is 23.8 Å². The highest BCUT2D eigenvalue weighted by molar-refractivity contribution is 5.96. The number of ketones is 1. The Hall–Kier alpha value is -3.02. The number of benzene rings is 2. The lowest BCUT2D eigenvalue weighted by Crippen LogP contribution is -2.26. The summed E-state index contributed by atoms with van der Waals surface area (Å²) < 4.78 is 16.7. The van der Waals surface area contributed by atoms with E-state index in [1.54, 1.807) is 38.5 Å². The summed E-state index contributed by atoms with van der Waals surface area (Å²) in [6.45, 7) is 1.94. The SMILES string of the molecule is COc1ccc(C(=O)CCCC(=O)NC(C)c2ccc(OC3CCCC3)c(OC)c2)cc1. The van der Waals surface area contributed by atoms with Crippen molar-refractivity contribution in [3.8, 4) is 17.2 Å². The van der Waals surface area contributed by atoms with E-state index in [0.29, 0.717) is 36.3 Å². The average molecular weight is 440 g/mol. The number of methoxy groups -OCH3 is 2. The van der Waals surface area contributed by atoms with Gasteiger partial charge >= 0.3 is 0 Å². The Kier molecular flexibility index (Phi) is 8.54. The summed E-state index contributed by atoms with van der Waals surface area (Å²) >= 11 is 0. The zero-order chi connectivity index (χ0) is 22.9. The fourth-order valence-corrected chi connectivity index (χ4v) is 3.96. The van der Waals surface area contributed by atoms with E-state index in [9.17, 15) is 9.59 Å². The van der Waals surface area contributed by atoms with Gasteiger partial charge in [-0.15, -0.1) is 0 Å². The van der Waals surface area contributed by atoms with Crippen LogP contribution in [0.5, 0.6) is 17.2 Å². The van der Waals surface area contributed by atoms with Crippen LogP contribution in [0.2, 0.25) is 0 Å². The van der Waals surface area contributed by atoms with E-state index in [1.807, 2.05) is 25.1 Å². The molecule has 0 heterocycles. The molecular formula is C26H33NO5. The van der Waals surface area contributed by atoms with E-state index in [1.165, 1.54) is 12.8 Å². The Morgan fingerprint density at radius 2 is 1.69 bits per heavy atom. The minimum atomic E-state index is -0.172. The second-order valence-electron chi connectivity index (χ2n) is 8.23. The standard InChI is InChI=1S/C26H33NO5/c1-18(20-13-16-24(25(17-20)31-3)32-22-7-4-5-8-22)27-26(29)10-6-9-23(28)19-11-14-21(30-2)15-12-19/h11-18,22H,4-10H2,1-3H3,(H,27,29). The summed E-state index contributed by atoms with van der Waals surface area (Å²) in [7, 11) is 3.22. The van der Waals surface area contributed by atoms with Gasteiger partial charge in [-0.3, -0.25) is 9.59 Å². The molecule has 0 aromatic heterocycles. The van der Waals surface area contributed by atoms with Crippen LogP contribution in [-0.2, 0) is 4.79 Å². The van der Waals surface area contributed by atoms with Crippen molar-refractivity contribution in [2.45, 2.75) is 64.0 Å². The highest BCUT2D eigenvalue weighted by Crippen LogP contribution is 2.33. The number of hydrogen-bond donors (Lipinski definition) is 1. The van der Waals surface area contributed by atoms with Gasteiger partial charge in [-0.1, -0.05) is 6.07 Å². The molecule has 1 amide bonds. The minimum Gasteiger partial charge on any atom is -0.497 e. The van der Waals surface area contributed by atoms with Gasteiger partial charge in [0.1, 0.15) is 5.75 Å². The second kappa shape index (κ2) is 11.6. The molecule has 1 aliphatic carbocycles. The van der Waals surface area contributed by atoms with Gasteiger partial charge in [-0.05, 0) is 81.0 Å². The van der Waals surface area contributed by atoms with Crippen molar-refractivity contribution >= 4 is 11.7 Å². The van der Waals surface area contributed by atoms with E-state index < -0.39 is 0 Å². The molecule has 0 spiro atoms. The van der Waals surface area contributed by atoms with E-state index >= 15 is 0 Å². The summed E-state index contributed by atoms with van der Waals surface area (Å²) in [6.07, 6.45) is 5.96. The molecule has 0 radical (unpaired) electrons. The zero-order valence-electron chi connectivity index (χ0n) is 19.2. The summed E-state index contributed by atoms with van der Waals surface area (Å²) in [4.78, 5) is 24.7. The third-order valence-corrected chi connectivity index (χ3v) is 5.88. The average Bonchev–Trinajstić information content (AvgIpc) is 3.32. The van der Waals surface area contributed by atoms with Crippen molar-refractivity contribution in [1.82, 2.24) is 5.32 Å². The molecule has 32 heavy (non-hydrogen) atoms. The van der Waals surface area contributed by atoms with Crippen LogP contribution in [0.3, 0.4) is 0 Å². The van der Waals surface area contributed by atoms with Gasteiger partial charge in [-0.2, -0.15) is 0 Å². The highest BCUT2D eigenvalue weighted by atomic mass is 16.5. The Morgan fingerprint density at radius 3 is 2.34 bits per heavy atom. The van der Waals surface area contributed by atoms with E-state index in [2.05, 4.69) is 5.32 Å². The Labute approximate surface area is 190 Å². The second-order valence-corrected chi connectivity index (χ2v) is 8.23. The van der Waals surface area contributed by atoms with Gasteiger partial charge in [0.25, 0.3) is 0 Å².